The minimum absolute atomic E-state index is 0.375. The number of rotatable bonds is 5. The zero-order valence-corrected chi connectivity index (χ0v) is 12.3. The molecule has 0 aliphatic carbocycles. The lowest BCUT2D eigenvalue weighted by atomic mass is 10.2. The van der Waals surface area contributed by atoms with Gasteiger partial charge < -0.3 is 10.1 Å². The van der Waals surface area contributed by atoms with Gasteiger partial charge in [-0.2, -0.15) is 0 Å². The molecule has 2 aromatic carbocycles. The highest BCUT2D eigenvalue weighted by Gasteiger charge is 2.15. The number of hydrogen-bond acceptors (Lipinski definition) is 3. The Morgan fingerprint density at radius 3 is 2.50 bits per heavy atom. The van der Waals surface area contributed by atoms with Crippen molar-refractivity contribution in [2.24, 2.45) is 0 Å². The van der Waals surface area contributed by atoms with Crippen LogP contribution in [0.2, 0.25) is 0 Å². The molecule has 114 valence electrons. The fourth-order valence-corrected chi connectivity index (χ4v) is 1.80. The quantitative estimate of drug-likeness (QED) is 0.862. The monoisotopic (exact) mass is 301 g/mol. The predicted molar refractivity (Wildman–Crippen MR) is 81.7 cm³/mol. The van der Waals surface area contributed by atoms with Crippen molar-refractivity contribution in [1.82, 2.24) is 0 Å². The Morgan fingerprint density at radius 1 is 1.23 bits per heavy atom. The highest BCUT2D eigenvalue weighted by atomic mass is 19.1. The highest BCUT2D eigenvalue weighted by Crippen LogP contribution is 2.16. The fraction of sp³-hybridized carbons (Fsp3) is 0.176. The molecule has 0 aliphatic rings. The maximum absolute atomic E-state index is 13.4. The molecule has 0 saturated carbocycles. The molecule has 0 saturated heterocycles. The molecule has 5 heteroatoms. The number of nitrogens with one attached hydrogen (secondary N) is 1. The predicted octanol–water partition coefficient (Wildman–Crippen LogP) is 3.35. The zero-order chi connectivity index (χ0) is 16.1. The molecular formula is C17H16FNO3. The van der Waals surface area contributed by atoms with Crippen LogP contribution in [0.1, 0.15) is 22.8 Å². The summed E-state index contributed by atoms with van der Waals surface area (Å²) < 4.78 is 18.9. The van der Waals surface area contributed by atoms with Gasteiger partial charge in [0.05, 0.1) is 0 Å². The first-order chi connectivity index (χ1) is 10.5. The summed E-state index contributed by atoms with van der Waals surface area (Å²) >= 11 is 0. The van der Waals surface area contributed by atoms with E-state index in [4.69, 9.17) is 4.74 Å². The van der Waals surface area contributed by atoms with Gasteiger partial charge in [-0.25, -0.2) is 4.39 Å². The van der Waals surface area contributed by atoms with Crippen molar-refractivity contribution in [3.63, 3.8) is 0 Å². The number of benzene rings is 2. The first-order valence-corrected chi connectivity index (χ1v) is 6.78. The molecule has 0 aliphatic heterocycles. The largest absolute Gasteiger partial charge is 0.481 e. The van der Waals surface area contributed by atoms with Crippen LogP contribution in [0.5, 0.6) is 5.75 Å². The molecule has 1 unspecified atom stereocenters. The van der Waals surface area contributed by atoms with Crippen molar-refractivity contribution in [3.8, 4) is 5.75 Å². The molecule has 1 N–H and O–H groups in total. The number of aryl methyl sites for hydroxylation is 1. The second-order valence-corrected chi connectivity index (χ2v) is 4.90. The minimum Gasteiger partial charge on any atom is -0.481 e. The van der Waals surface area contributed by atoms with Gasteiger partial charge in [0.15, 0.2) is 6.10 Å². The van der Waals surface area contributed by atoms with E-state index < -0.39 is 6.10 Å². The lowest BCUT2D eigenvalue weighted by Gasteiger charge is -2.15. The number of amides is 1. The summed E-state index contributed by atoms with van der Waals surface area (Å²) in [4.78, 5) is 22.6. The first-order valence-electron chi connectivity index (χ1n) is 6.78. The average molecular weight is 301 g/mol. The lowest BCUT2D eigenvalue weighted by molar-refractivity contribution is -0.122. The summed E-state index contributed by atoms with van der Waals surface area (Å²) in [5, 5.41) is 2.59. The Kier molecular flexibility index (Phi) is 4.88. The number of carbonyl (C=O) groups is 2. The Balaban J connectivity index is 1.98. The van der Waals surface area contributed by atoms with Crippen LogP contribution in [0.25, 0.3) is 0 Å². The standard InChI is InChI=1S/C17H16FNO3/c1-11-3-6-14(9-16(11)18)19-17(21)12(2)22-15-7-4-13(10-20)5-8-15/h3-10,12H,1-2H3,(H,19,21). The van der Waals surface area contributed by atoms with Gasteiger partial charge in [-0.15, -0.1) is 0 Å². The smallest absolute Gasteiger partial charge is 0.265 e. The van der Waals surface area contributed by atoms with Crippen LogP contribution in [0.4, 0.5) is 10.1 Å². The van der Waals surface area contributed by atoms with Crippen molar-refractivity contribution >= 4 is 17.9 Å². The summed E-state index contributed by atoms with van der Waals surface area (Å²) in [6.45, 7) is 3.24. The van der Waals surface area contributed by atoms with E-state index in [0.29, 0.717) is 22.6 Å². The molecule has 0 aromatic heterocycles. The summed E-state index contributed by atoms with van der Waals surface area (Å²) in [6, 6.07) is 10.9. The maximum atomic E-state index is 13.4. The molecule has 1 atom stereocenters. The van der Waals surface area contributed by atoms with Gasteiger partial charge in [0.2, 0.25) is 0 Å². The van der Waals surface area contributed by atoms with Crippen LogP contribution in [-0.2, 0) is 4.79 Å². The normalized spacial score (nSPS) is 11.6. The first kappa shape index (κ1) is 15.7. The molecule has 0 fully saturated rings. The second kappa shape index (κ2) is 6.85. The van der Waals surface area contributed by atoms with Gasteiger partial charge in [0.25, 0.3) is 5.91 Å². The third-order valence-corrected chi connectivity index (χ3v) is 3.14. The number of ether oxygens (including phenoxy) is 1. The van der Waals surface area contributed by atoms with Gasteiger partial charge in [0, 0.05) is 11.3 Å². The summed E-state index contributed by atoms with van der Waals surface area (Å²) in [6.07, 6.45) is -0.0299. The van der Waals surface area contributed by atoms with Crippen molar-refractivity contribution in [2.45, 2.75) is 20.0 Å². The molecule has 0 bridgehead atoms. The van der Waals surface area contributed by atoms with E-state index in [9.17, 15) is 14.0 Å². The summed E-state index contributed by atoms with van der Waals surface area (Å²) in [7, 11) is 0. The summed E-state index contributed by atoms with van der Waals surface area (Å²) in [5.74, 6) is -0.290. The van der Waals surface area contributed by atoms with E-state index in [1.54, 1.807) is 50.2 Å². The van der Waals surface area contributed by atoms with Crippen LogP contribution in [-0.4, -0.2) is 18.3 Å². The minimum atomic E-state index is -0.758. The van der Waals surface area contributed by atoms with Gasteiger partial charge >= 0.3 is 0 Å². The van der Waals surface area contributed by atoms with Gasteiger partial charge in [-0.1, -0.05) is 6.07 Å². The van der Waals surface area contributed by atoms with Gasteiger partial charge in [-0.05, 0) is 55.8 Å². The Bertz CT molecular complexity index is 683. The van der Waals surface area contributed by atoms with Crippen LogP contribution < -0.4 is 10.1 Å². The topological polar surface area (TPSA) is 55.4 Å². The molecule has 22 heavy (non-hydrogen) atoms. The third kappa shape index (κ3) is 3.91. The van der Waals surface area contributed by atoms with Crippen molar-refractivity contribution < 1.29 is 18.7 Å². The van der Waals surface area contributed by atoms with E-state index >= 15 is 0 Å². The number of carbonyl (C=O) groups excluding carboxylic acids is 2. The van der Waals surface area contributed by atoms with Gasteiger partial charge in [0.1, 0.15) is 17.9 Å². The second-order valence-electron chi connectivity index (χ2n) is 4.90. The van der Waals surface area contributed by atoms with E-state index in [1.807, 2.05) is 0 Å². The van der Waals surface area contributed by atoms with E-state index in [2.05, 4.69) is 5.32 Å². The van der Waals surface area contributed by atoms with E-state index in [1.165, 1.54) is 6.07 Å². The van der Waals surface area contributed by atoms with Crippen molar-refractivity contribution in [2.75, 3.05) is 5.32 Å². The molecule has 0 radical (unpaired) electrons. The third-order valence-electron chi connectivity index (χ3n) is 3.14. The van der Waals surface area contributed by atoms with E-state index in [0.717, 1.165) is 6.29 Å². The molecule has 2 aromatic rings. The molecular weight excluding hydrogens is 285 g/mol. The Morgan fingerprint density at radius 2 is 1.91 bits per heavy atom. The Hall–Kier alpha value is -2.69. The molecule has 2 rings (SSSR count). The fourth-order valence-electron chi connectivity index (χ4n) is 1.80. The SMILES string of the molecule is Cc1ccc(NC(=O)C(C)Oc2ccc(C=O)cc2)cc1F. The number of hydrogen-bond donors (Lipinski definition) is 1. The number of anilines is 1. The number of aldehydes is 1. The molecule has 1 amide bonds. The lowest BCUT2D eigenvalue weighted by Crippen LogP contribution is -2.30. The average Bonchev–Trinajstić information content (AvgIpc) is 2.51. The Labute approximate surface area is 127 Å². The highest BCUT2D eigenvalue weighted by molar-refractivity contribution is 5.94. The summed E-state index contributed by atoms with van der Waals surface area (Å²) in [5.41, 5.74) is 1.41. The van der Waals surface area contributed by atoms with Gasteiger partial charge in [-0.3, -0.25) is 9.59 Å². The molecule has 0 heterocycles. The number of halogens is 1. The molecule has 0 spiro atoms. The maximum Gasteiger partial charge on any atom is 0.265 e. The van der Waals surface area contributed by atoms with E-state index in [-0.39, 0.29) is 11.7 Å². The molecule has 4 nitrogen and oxygen atoms in total. The van der Waals surface area contributed by atoms with Crippen molar-refractivity contribution in [1.29, 1.82) is 0 Å². The van der Waals surface area contributed by atoms with Crippen LogP contribution in [0.15, 0.2) is 42.5 Å². The van der Waals surface area contributed by atoms with Crippen molar-refractivity contribution in [3.05, 3.63) is 59.4 Å². The van der Waals surface area contributed by atoms with Crippen LogP contribution >= 0.6 is 0 Å². The van der Waals surface area contributed by atoms with Crippen LogP contribution in [0.3, 0.4) is 0 Å². The van der Waals surface area contributed by atoms with Crippen LogP contribution in [0, 0.1) is 12.7 Å². The zero-order valence-electron chi connectivity index (χ0n) is 12.3.